The molecule has 0 unspecified atom stereocenters. The summed E-state index contributed by atoms with van der Waals surface area (Å²) in [6.45, 7) is 3.78. The van der Waals surface area contributed by atoms with E-state index in [0.29, 0.717) is 6.54 Å². The first kappa shape index (κ1) is 13.6. The number of hydrogen-bond acceptors (Lipinski definition) is 2. The highest BCUT2D eigenvalue weighted by atomic mass is 15.1. The molecule has 2 heteroatoms. The molecule has 2 aromatic carbocycles. The van der Waals surface area contributed by atoms with Gasteiger partial charge >= 0.3 is 0 Å². The SMILES string of the molecule is Cc1ccccc1N(C)Cc1ccc(CCN)cc1. The molecule has 100 valence electrons. The van der Waals surface area contributed by atoms with E-state index in [0.717, 1.165) is 13.0 Å². The van der Waals surface area contributed by atoms with E-state index in [9.17, 15) is 0 Å². The van der Waals surface area contributed by atoms with Gasteiger partial charge in [0.15, 0.2) is 0 Å². The Kier molecular flexibility index (Phi) is 4.58. The standard InChI is InChI=1S/C17H22N2/c1-14-5-3-4-6-17(14)19(2)13-16-9-7-15(8-10-16)11-12-18/h3-10H,11-13,18H2,1-2H3. The van der Waals surface area contributed by atoms with Crippen molar-refractivity contribution >= 4 is 5.69 Å². The van der Waals surface area contributed by atoms with Gasteiger partial charge in [-0.25, -0.2) is 0 Å². The molecule has 0 aliphatic rings. The maximum Gasteiger partial charge on any atom is 0.0426 e. The Morgan fingerprint density at radius 1 is 0.947 bits per heavy atom. The Labute approximate surface area is 115 Å². The maximum atomic E-state index is 5.56. The summed E-state index contributed by atoms with van der Waals surface area (Å²) >= 11 is 0. The first-order chi connectivity index (χ1) is 9.20. The third-order valence-electron chi connectivity index (χ3n) is 3.40. The lowest BCUT2D eigenvalue weighted by Crippen LogP contribution is -2.17. The van der Waals surface area contributed by atoms with Crippen molar-refractivity contribution in [2.24, 2.45) is 5.73 Å². The van der Waals surface area contributed by atoms with Crippen LogP contribution in [0.2, 0.25) is 0 Å². The van der Waals surface area contributed by atoms with Crippen LogP contribution in [0.3, 0.4) is 0 Å². The molecule has 0 aliphatic heterocycles. The Bertz CT molecular complexity index is 517. The Morgan fingerprint density at radius 2 is 1.58 bits per heavy atom. The van der Waals surface area contributed by atoms with E-state index >= 15 is 0 Å². The molecule has 0 bridgehead atoms. The summed E-state index contributed by atoms with van der Waals surface area (Å²) < 4.78 is 0. The van der Waals surface area contributed by atoms with Crippen molar-refractivity contribution in [1.82, 2.24) is 0 Å². The summed E-state index contributed by atoms with van der Waals surface area (Å²) in [5.41, 5.74) is 10.8. The van der Waals surface area contributed by atoms with E-state index in [1.54, 1.807) is 0 Å². The lowest BCUT2D eigenvalue weighted by molar-refractivity contribution is 0.912. The van der Waals surface area contributed by atoms with Crippen LogP contribution in [0.25, 0.3) is 0 Å². The van der Waals surface area contributed by atoms with Gasteiger partial charge in [-0.1, -0.05) is 42.5 Å². The Balaban J connectivity index is 2.06. The zero-order chi connectivity index (χ0) is 13.7. The van der Waals surface area contributed by atoms with Crippen LogP contribution in [0.15, 0.2) is 48.5 Å². The average molecular weight is 254 g/mol. The average Bonchev–Trinajstić information content (AvgIpc) is 2.42. The van der Waals surface area contributed by atoms with Crippen LogP contribution in [-0.2, 0) is 13.0 Å². The molecule has 0 amide bonds. The minimum atomic E-state index is 0.711. The van der Waals surface area contributed by atoms with Gasteiger partial charge in [0.2, 0.25) is 0 Å². The first-order valence-corrected chi connectivity index (χ1v) is 6.75. The van der Waals surface area contributed by atoms with Gasteiger partial charge in [-0.3, -0.25) is 0 Å². The van der Waals surface area contributed by atoms with E-state index in [4.69, 9.17) is 5.73 Å². The summed E-state index contributed by atoms with van der Waals surface area (Å²) in [6.07, 6.45) is 0.952. The van der Waals surface area contributed by atoms with Gasteiger partial charge in [0.25, 0.3) is 0 Å². The van der Waals surface area contributed by atoms with E-state index in [1.165, 1.54) is 22.4 Å². The first-order valence-electron chi connectivity index (χ1n) is 6.75. The van der Waals surface area contributed by atoms with Gasteiger partial charge in [0.1, 0.15) is 0 Å². The number of hydrogen-bond donors (Lipinski definition) is 1. The fourth-order valence-electron chi connectivity index (χ4n) is 2.33. The van der Waals surface area contributed by atoms with E-state index in [1.807, 2.05) is 0 Å². The maximum absolute atomic E-state index is 5.56. The summed E-state index contributed by atoms with van der Waals surface area (Å²) in [4.78, 5) is 2.28. The van der Waals surface area contributed by atoms with Gasteiger partial charge in [0.05, 0.1) is 0 Å². The summed E-state index contributed by atoms with van der Waals surface area (Å²) in [7, 11) is 2.14. The number of para-hydroxylation sites is 1. The Hall–Kier alpha value is -1.80. The lowest BCUT2D eigenvalue weighted by atomic mass is 10.1. The molecule has 0 aliphatic carbocycles. The molecule has 0 radical (unpaired) electrons. The van der Waals surface area contributed by atoms with Crippen LogP contribution >= 0.6 is 0 Å². The van der Waals surface area contributed by atoms with Gasteiger partial charge in [-0.05, 0) is 42.6 Å². The highest BCUT2D eigenvalue weighted by molar-refractivity contribution is 5.52. The van der Waals surface area contributed by atoms with Gasteiger partial charge < -0.3 is 10.6 Å². The van der Waals surface area contributed by atoms with Crippen LogP contribution in [0, 0.1) is 6.92 Å². The molecule has 2 nitrogen and oxygen atoms in total. The number of nitrogens with zero attached hydrogens (tertiary/aromatic N) is 1. The largest absolute Gasteiger partial charge is 0.370 e. The molecule has 2 N–H and O–H groups in total. The van der Waals surface area contributed by atoms with Crippen molar-refractivity contribution in [3.8, 4) is 0 Å². The van der Waals surface area contributed by atoms with Crippen molar-refractivity contribution < 1.29 is 0 Å². The van der Waals surface area contributed by atoms with Crippen molar-refractivity contribution in [2.75, 3.05) is 18.5 Å². The van der Waals surface area contributed by atoms with E-state index in [2.05, 4.69) is 67.4 Å². The highest BCUT2D eigenvalue weighted by Crippen LogP contribution is 2.20. The fourth-order valence-corrected chi connectivity index (χ4v) is 2.33. The minimum absolute atomic E-state index is 0.711. The molecule has 0 fully saturated rings. The second-order valence-corrected chi connectivity index (χ2v) is 5.00. The monoisotopic (exact) mass is 254 g/mol. The predicted molar refractivity (Wildman–Crippen MR) is 82.5 cm³/mol. The smallest absolute Gasteiger partial charge is 0.0426 e. The Morgan fingerprint density at radius 3 is 2.21 bits per heavy atom. The van der Waals surface area contributed by atoms with Crippen LogP contribution in [0.4, 0.5) is 5.69 Å². The third kappa shape index (κ3) is 3.58. The molecular formula is C17H22N2. The third-order valence-corrected chi connectivity index (χ3v) is 3.40. The topological polar surface area (TPSA) is 29.3 Å². The van der Waals surface area contributed by atoms with Crippen LogP contribution < -0.4 is 10.6 Å². The quantitative estimate of drug-likeness (QED) is 0.888. The van der Waals surface area contributed by atoms with E-state index in [-0.39, 0.29) is 0 Å². The summed E-state index contributed by atoms with van der Waals surface area (Å²) in [6, 6.07) is 17.2. The molecule has 0 saturated heterocycles. The van der Waals surface area contributed by atoms with Gasteiger partial charge in [-0.2, -0.15) is 0 Å². The molecule has 0 aromatic heterocycles. The normalized spacial score (nSPS) is 10.5. The number of aryl methyl sites for hydroxylation is 1. The van der Waals surface area contributed by atoms with Crippen LogP contribution in [0.1, 0.15) is 16.7 Å². The van der Waals surface area contributed by atoms with Gasteiger partial charge in [0, 0.05) is 19.3 Å². The van der Waals surface area contributed by atoms with E-state index < -0.39 is 0 Å². The second-order valence-electron chi connectivity index (χ2n) is 5.00. The number of anilines is 1. The molecule has 19 heavy (non-hydrogen) atoms. The van der Waals surface area contributed by atoms with Crippen LogP contribution in [-0.4, -0.2) is 13.6 Å². The molecular weight excluding hydrogens is 232 g/mol. The molecule has 0 heterocycles. The van der Waals surface area contributed by atoms with Crippen molar-refractivity contribution in [1.29, 1.82) is 0 Å². The number of rotatable bonds is 5. The molecule has 0 atom stereocenters. The van der Waals surface area contributed by atoms with Gasteiger partial charge in [-0.15, -0.1) is 0 Å². The zero-order valence-electron chi connectivity index (χ0n) is 11.8. The predicted octanol–water partition coefficient (Wildman–Crippen LogP) is 3.13. The zero-order valence-corrected chi connectivity index (χ0v) is 11.8. The van der Waals surface area contributed by atoms with Crippen molar-refractivity contribution in [3.63, 3.8) is 0 Å². The molecule has 0 saturated carbocycles. The van der Waals surface area contributed by atoms with Crippen molar-refractivity contribution in [2.45, 2.75) is 19.9 Å². The highest BCUT2D eigenvalue weighted by Gasteiger charge is 2.04. The minimum Gasteiger partial charge on any atom is -0.370 e. The number of nitrogens with two attached hydrogens (primary N) is 1. The van der Waals surface area contributed by atoms with Crippen LogP contribution in [0.5, 0.6) is 0 Å². The molecule has 0 spiro atoms. The second kappa shape index (κ2) is 6.39. The summed E-state index contributed by atoms with van der Waals surface area (Å²) in [5, 5.41) is 0. The fraction of sp³-hybridized carbons (Fsp3) is 0.294. The number of benzene rings is 2. The summed E-state index contributed by atoms with van der Waals surface area (Å²) in [5.74, 6) is 0. The molecule has 2 aromatic rings. The molecule has 2 rings (SSSR count). The lowest BCUT2D eigenvalue weighted by Gasteiger charge is -2.21. The van der Waals surface area contributed by atoms with Crippen molar-refractivity contribution in [3.05, 3.63) is 65.2 Å².